The first-order valence-electron chi connectivity index (χ1n) is 8.90. The number of sulfone groups is 1. The summed E-state index contributed by atoms with van der Waals surface area (Å²) in [5, 5.41) is 2.98. The molecule has 6 nitrogen and oxygen atoms in total. The van der Waals surface area contributed by atoms with Crippen LogP contribution in [0.4, 0.5) is 10.5 Å². The quantitative estimate of drug-likeness (QED) is 0.890. The molecule has 2 atom stereocenters. The summed E-state index contributed by atoms with van der Waals surface area (Å²) in [6.07, 6.45) is 0.984. The Balaban J connectivity index is 1.80. The van der Waals surface area contributed by atoms with E-state index in [0.29, 0.717) is 6.54 Å². The minimum absolute atomic E-state index is 0.0676. The molecular formula is C18H27N3O3S. The molecule has 3 rings (SSSR count). The zero-order valence-electron chi connectivity index (χ0n) is 15.2. The van der Waals surface area contributed by atoms with Crippen LogP contribution in [0.3, 0.4) is 0 Å². The Hall–Kier alpha value is -1.60. The smallest absolute Gasteiger partial charge is 0.318 e. The number of rotatable bonds is 3. The van der Waals surface area contributed by atoms with E-state index < -0.39 is 9.84 Å². The zero-order chi connectivity index (χ0) is 18.2. The highest BCUT2D eigenvalue weighted by atomic mass is 32.2. The van der Waals surface area contributed by atoms with Crippen LogP contribution in [-0.2, 0) is 9.84 Å². The number of nitrogens with zero attached hydrogens (tertiary/aromatic N) is 2. The van der Waals surface area contributed by atoms with E-state index in [2.05, 4.69) is 17.1 Å². The van der Waals surface area contributed by atoms with Gasteiger partial charge < -0.3 is 10.2 Å². The Morgan fingerprint density at radius 3 is 2.64 bits per heavy atom. The molecule has 2 aliphatic heterocycles. The molecule has 0 aliphatic carbocycles. The van der Waals surface area contributed by atoms with Crippen LogP contribution in [0.2, 0.25) is 0 Å². The van der Waals surface area contributed by atoms with E-state index in [-0.39, 0.29) is 29.6 Å². The topological polar surface area (TPSA) is 69.7 Å². The van der Waals surface area contributed by atoms with Crippen LogP contribution in [0, 0.1) is 13.8 Å². The highest BCUT2D eigenvalue weighted by Crippen LogP contribution is 2.28. The highest BCUT2D eigenvalue weighted by Gasteiger charge is 2.47. The van der Waals surface area contributed by atoms with Crippen molar-refractivity contribution in [3.8, 4) is 0 Å². The molecule has 0 unspecified atom stereocenters. The van der Waals surface area contributed by atoms with Gasteiger partial charge in [-0.05, 0) is 44.0 Å². The van der Waals surface area contributed by atoms with Crippen molar-refractivity contribution < 1.29 is 13.2 Å². The third-order valence-electron chi connectivity index (χ3n) is 5.20. The van der Waals surface area contributed by atoms with Gasteiger partial charge in [0.2, 0.25) is 0 Å². The number of anilines is 1. The van der Waals surface area contributed by atoms with Crippen LogP contribution in [0.15, 0.2) is 18.2 Å². The number of urea groups is 1. The van der Waals surface area contributed by atoms with E-state index in [9.17, 15) is 13.2 Å². The Morgan fingerprint density at radius 2 is 1.92 bits per heavy atom. The Kier molecular flexibility index (Phi) is 5.06. The molecule has 25 heavy (non-hydrogen) atoms. The minimum Gasteiger partial charge on any atom is -0.318 e. The Labute approximate surface area is 150 Å². The first-order valence-corrected chi connectivity index (χ1v) is 10.7. The standard InChI is InChI=1S/C18H27N3O3S/c1-4-7-20-8-9-21(17-12-25(23,24)11-16(17)20)18(22)19-15-10-13(2)5-6-14(15)3/h5-6,10,16-17H,4,7-9,11-12H2,1-3H3,(H,19,22)/t16-,17+/m0/s1. The highest BCUT2D eigenvalue weighted by molar-refractivity contribution is 7.91. The van der Waals surface area contributed by atoms with Crippen LogP contribution in [0.5, 0.6) is 0 Å². The molecule has 1 aromatic carbocycles. The summed E-state index contributed by atoms with van der Waals surface area (Å²) in [6, 6.07) is 5.40. The number of carbonyl (C=O) groups excluding carboxylic acids is 1. The second-order valence-corrected chi connectivity index (χ2v) is 9.34. The second-order valence-electron chi connectivity index (χ2n) is 7.19. The average Bonchev–Trinajstić information content (AvgIpc) is 2.86. The van der Waals surface area contributed by atoms with Crippen molar-refractivity contribution in [3.63, 3.8) is 0 Å². The van der Waals surface area contributed by atoms with Gasteiger partial charge in [0.25, 0.3) is 0 Å². The van der Waals surface area contributed by atoms with Crippen LogP contribution in [0.25, 0.3) is 0 Å². The maximum absolute atomic E-state index is 12.9. The molecule has 0 aromatic heterocycles. The lowest BCUT2D eigenvalue weighted by Gasteiger charge is -2.43. The molecule has 2 aliphatic rings. The Bertz CT molecular complexity index is 763. The van der Waals surface area contributed by atoms with E-state index in [1.807, 2.05) is 32.0 Å². The van der Waals surface area contributed by atoms with Crippen molar-refractivity contribution >= 4 is 21.6 Å². The lowest BCUT2D eigenvalue weighted by molar-refractivity contribution is 0.0706. The van der Waals surface area contributed by atoms with Gasteiger partial charge in [0.15, 0.2) is 9.84 Å². The third kappa shape index (κ3) is 3.82. The number of aryl methyl sites for hydroxylation is 2. The van der Waals surface area contributed by atoms with Gasteiger partial charge in [-0.15, -0.1) is 0 Å². The monoisotopic (exact) mass is 365 g/mol. The molecule has 7 heteroatoms. The van der Waals surface area contributed by atoms with E-state index >= 15 is 0 Å². The van der Waals surface area contributed by atoms with Crippen molar-refractivity contribution in [1.82, 2.24) is 9.80 Å². The predicted octanol–water partition coefficient (Wildman–Crippen LogP) is 2.03. The number of amides is 2. The Morgan fingerprint density at radius 1 is 1.20 bits per heavy atom. The van der Waals surface area contributed by atoms with Gasteiger partial charge in [0.1, 0.15) is 0 Å². The van der Waals surface area contributed by atoms with Crippen LogP contribution >= 0.6 is 0 Å². The number of piperazine rings is 1. The first-order chi connectivity index (χ1) is 11.8. The van der Waals surface area contributed by atoms with Gasteiger partial charge in [-0.25, -0.2) is 13.2 Å². The van der Waals surface area contributed by atoms with Crippen molar-refractivity contribution in [2.45, 2.75) is 39.3 Å². The van der Waals surface area contributed by atoms with E-state index in [0.717, 1.165) is 36.3 Å². The number of carbonyl (C=O) groups is 1. The molecule has 138 valence electrons. The van der Waals surface area contributed by atoms with E-state index in [4.69, 9.17) is 0 Å². The largest absolute Gasteiger partial charge is 0.322 e. The first kappa shape index (κ1) is 18.2. The number of fused-ring (bicyclic) bond motifs is 1. The summed E-state index contributed by atoms with van der Waals surface area (Å²) in [6.45, 7) is 8.20. The van der Waals surface area contributed by atoms with Crippen molar-refractivity contribution in [1.29, 1.82) is 0 Å². The van der Waals surface area contributed by atoms with Gasteiger partial charge in [-0.3, -0.25) is 4.90 Å². The molecule has 2 amide bonds. The fraction of sp³-hybridized carbons (Fsp3) is 0.611. The normalized spacial score (nSPS) is 25.6. The van der Waals surface area contributed by atoms with Crippen LogP contribution in [0.1, 0.15) is 24.5 Å². The molecule has 2 saturated heterocycles. The summed E-state index contributed by atoms with van der Waals surface area (Å²) < 4.78 is 24.4. The number of nitrogens with one attached hydrogen (secondary N) is 1. The molecular weight excluding hydrogens is 338 g/mol. The lowest BCUT2D eigenvalue weighted by Crippen LogP contribution is -2.61. The third-order valence-corrected chi connectivity index (χ3v) is 6.90. The van der Waals surface area contributed by atoms with Crippen LogP contribution < -0.4 is 5.32 Å². The van der Waals surface area contributed by atoms with Gasteiger partial charge in [0, 0.05) is 24.8 Å². The summed E-state index contributed by atoms with van der Waals surface area (Å²) in [5.74, 6) is 0.225. The molecule has 2 heterocycles. The molecule has 1 aromatic rings. The SMILES string of the molecule is CCCN1CCN(C(=O)Nc2cc(C)ccc2C)[C@@H]2CS(=O)(=O)C[C@@H]21. The van der Waals surface area contributed by atoms with Crippen LogP contribution in [-0.4, -0.2) is 67.5 Å². The van der Waals surface area contributed by atoms with E-state index in [1.54, 1.807) is 4.90 Å². The molecule has 2 fully saturated rings. The summed E-state index contributed by atoms with van der Waals surface area (Å²) in [7, 11) is -3.10. The second kappa shape index (κ2) is 6.96. The van der Waals surface area contributed by atoms with Gasteiger partial charge in [-0.2, -0.15) is 0 Å². The molecule has 0 radical (unpaired) electrons. The van der Waals surface area contributed by atoms with E-state index in [1.165, 1.54) is 0 Å². The molecule has 0 bridgehead atoms. The van der Waals surface area contributed by atoms with Crippen molar-refractivity contribution in [2.75, 3.05) is 36.5 Å². The number of hydrogen-bond donors (Lipinski definition) is 1. The lowest BCUT2D eigenvalue weighted by atomic mass is 10.0. The summed E-state index contributed by atoms with van der Waals surface area (Å²) in [4.78, 5) is 16.8. The maximum atomic E-state index is 12.9. The number of hydrogen-bond acceptors (Lipinski definition) is 4. The fourth-order valence-corrected chi connectivity index (χ4v) is 5.91. The van der Waals surface area contributed by atoms with Gasteiger partial charge in [-0.1, -0.05) is 19.1 Å². The minimum atomic E-state index is -3.10. The number of benzene rings is 1. The van der Waals surface area contributed by atoms with Gasteiger partial charge in [0.05, 0.1) is 17.5 Å². The van der Waals surface area contributed by atoms with Crippen molar-refractivity contribution in [2.24, 2.45) is 0 Å². The van der Waals surface area contributed by atoms with Gasteiger partial charge >= 0.3 is 6.03 Å². The van der Waals surface area contributed by atoms with Crippen molar-refractivity contribution in [3.05, 3.63) is 29.3 Å². The molecule has 1 N–H and O–H groups in total. The summed E-state index contributed by atoms with van der Waals surface area (Å²) in [5.41, 5.74) is 2.87. The average molecular weight is 365 g/mol. The maximum Gasteiger partial charge on any atom is 0.322 e. The summed E-state index contributed by atoms with van der Waals surface area (Å²) >= 11 is 0. The molecule has 0 saturated carbocycles. The molecule has 0 spiro atoms. The predicted molar refractivity (Wildman–Crippen MR) is 99.7 cm³/mol. The zero-order valence-corrected chi connectivity index (χ0v) is 16.0. The fourth-order valence-electron chi connectivity index (χ4n) is 3.90.